The highest BCUT2D eigenvalue weighted by atomic mass is 19.1. The number of ether oxygens (including phenoxy) is 1. The van der Waals surface area contributed by atoms with Crippen LogP contribution in [0.2, 0.25) is 0 Å². The second-order valence-corrected chi connectivity index (χ2v) is 5.62. The normalized spacial score (nSPS) is 10.7. The van der Waals surface area contributed by atoms with E-state index in [0.29, 0.717) is 6.61 Å². The van der Waals surface area contributed by atoms with Gasteiger partial charge in [-0.05, 0) is 42.8 Å². The van der Waals surface area contributed by atoms with Crippen molar-refractivity contribution in [3.8, 4) is 17.4 Å². The molecule has 0 aliphatic rings. The molecule has 0 radical (unpaired) electrons. The van der Waals surface area contributed by atoms with Gasteiger partial charge in [-0.1, -0.05) is 25.5 Å². The first-order chi connectivity index (χ1) is 12.6. The van der Waals surface area contributed by atoms with E-state index in [-0.39, 0.29) is 23.0 Å². The highest BCUT2D eigenvalue weighted by Gasteiger charge is 2.22. The predicted molar refractivity (Wildman–Crippen MR) is 91.9 cm³/mol. The van der Waals surface area contributed by atoms with E-state index < -0.39 is 17.5 Å². The number of halogens is 2. The summed E-state index contributed by atoms with van der Waals surface area (Å²) in [5.74, 6) is -1.52. The Morgan fingerprint density at radius 1 is 1.12 bits per heavy atom. The van der Waals surface area contributed by atoms with Gasteiger partial charge in [0.05, 0.1) is 12.2 Å². The molecule has 5 nitrogen and oxygen atoms in total. The molecule has 26 heavy (non-hydrogen) atoms. The largest absolute Gasteiger partial charge is 0.462 e. The number of hydrogen-bond acceptors (Lipinski definition) is 4. The molecule has 2 aromatic carbocycles. The molecule has 134 valence electrons. The smallest absolute Gasteiger partial charge is 0.336 e. The molecule has 7 heteroatoms. The zero-order valence-electron chi connectivity index (χ0n) is 14.2. The van der Waals surface area contributed by atoms with E-state index in [0.717, 1.165) is 17.5 Å². The third-order valence-corrected chi connectivity index (χ3v) is 3.72. The lowest BCUT2D eigenvalue weighted by Crippen LogP contribution is -2.15. The van der Waals surface area contributed by atoms with Gasteiger partial charge in [0.25, 0.3) is 5.91 Å². The Morgan fingerprint density at radius 3 is 2.54 bits per heavy atom. The number of carbonyl (C=O) groups excluding carboxylic acids is 1. The van der Waals surface area contributed by atoms with Crippen molar-refractivity contribution in [3.05, 3.63) is 65.7 Å². The van der Waals surface area contributed by atoms with Crippen molar-refractivity contribution in [1.82, 2.24) is 14.8 Å². The van der Waals surface area contributed by atoms with Crippen LogP contribution in [0.4, 0.5) is 8.78 Å². The topological polar surface area (TPSA) is 57.0 Å². The van der Waals surface area contributed by atoms with Crippen LogP contribution in [0.15, 0.2) is 48.5 Å². The first-order valence-electron chi connectivity index (χ1n) is 8.25. The minimum absolute atomic E-state index is 0.00725. The van der Waals surface area contributed by atoms with Gasteiger partial charge in [0.2, 0.25) is 0 Å². The van der Waals surface area contributed by atoms with Gasteiger partial charge in [0.1, 0.15) is 11.6 Å². The summed E-state index contributed by atoms with van der Waals surface area (Å²) >= 11 is 0. The van der Waals surface area contributed by atoms with Crippen LogP contribution in [0, 0.1) is 11.6 Å². The van der Waals surface area contributed by atoms with E-state index in [1.54, 1.807) is 12.1 Å². The summed E-state index contributed by atoms with van der Waals surface area (Å²) in [6.07, 6.45) is 1.73. The molecule has 0 saturated carbocycles. The average molecular weight is 357 g/mol. The Balaban J connectivity index is 2.02. The summed E-state index contributed by atoms with van der Waals surface area (Å²) in [6.45, 7) is 2.40. The van der Waals surface area contributed by atoms with Crippen LogP contribution >= 0.6 is 0 Å². The second kappa shape index (κ2) is 7.86. The Hall–Kier alpha value is -3.09. The first kappa shape index (κ1) is 17.7. The minimum Gasteiger partial charge on any atom is -0.462 e. The summed E-state index contributed by atoms with van der Waals surface area (Å²) < 4.78 is 33.8. The molecule has 0 aliphatic heterocycles. The molecule has 0 fully saturated rings. The van der Waals surface area contributed by atoms with Gasteiger partial charge in [0.15, 0.2) is 5.82 Å². The van der Waals surface area contributed by atoms with E-state index >= 15 is 0 Å². The number of unbranched alkanes of at least 4 members (excludes halogenated alkanes) is 1. The first-order valence-corrected chi connectivity index (χ1v) is 8.25. The molecule has 0 spiro atoms. The average Bonchev–Trinajstić information content (AvgIpc) is 3.06. The number of aromatic nitrogens is 3. The zero-order chi connectivity index (χ0) is 18.5. The number of rotatable bonds is 6. The van der Waals surface area contributed by atoms with Crippen molar-refractivity contribution in [2.75, 3.05) is 6.61 Å². The van der Waals surface area contributed by atoms with Crippen LogP contribution in [-0.2, 0) is 0 Å². The van der Waals surface area contributed by atoms with Crippen molar-refractivity contribution < 1.29 is 18.3 Å². The molecular formula is C19H17F2N3O2. The lowest BCUT2D eigenvalue weighted by Gasteiger charge is -2.05. The maximum absolute atomic E-state index is 14.2. The van der Waals surface area contributed by atoms with E-state index in [2.05, 4.69) is 10.1 Å². The highest BCUT2D eigenvalue weighted by Crippen LogP contribution is 2.24. The summed E-state index contributed by atoms with van der Waals surface area (Å²) in [5, 5.41) is 4.07. The van der Waals surface area contributed by atoms with E-state index in [1.165, 1.54) is 36.4 Å². The SMILES string of the molecule is CCCCOc1nc(-c2ccccc2F)n(C(=O)c2ccc(F)cc2)n1. The number of hydrogen-bond donors (Lipinski definition) is 0. The Kier molecular flexibility index (Phi) is 5.36. The lowest BCUT2D eigenvalue weighted by molar-refractivity contribution is 0.0944. The van der Waals surface area contributed by atoms with Crippen LogP contribution in [0.25, 0.3) is 11.4 Å². The molecular weight excluding hydrogens is 340 g/mol. The predicted octanol–water partition coefficient (Wildman–Crippen LogP) is 4.09. The quantitative estimate of drug-likeness (QED) is 0.624. The maximum atomic E-state index is 14.2. The van der Waals surface area contributed by atoms with E-state index in [9.17, 15) is 13.6 Å². The van der Waals surface area contributed by atoms with E-state index in [4.69, 9.17) is 4.74 Å². The highest BCUT2D eigenvalue weighted by molar-refractivity contribution is 5.97. The Bertz CT molecular complexity index is 907. The van der Waals surface area contributed by atoms with Gasteiger partial charge in [-0.25, -0.2) is 8.78 Å². The molecule has 0 saturated heterocycles. The molecule has 0 amide bonds. The summed E-state index contributed by atoms with van der Waals surface area (Å²) in [6, 6.07) is 11.0. The number of carbonyl (C=O) groups is 1. The molecule has 3 aromatic rings. The Morgan fingerprint density at radius 2 is 1.85 bits per heavy atom. The monoisotopic (exact) mass is 357 g/mol. The lowest BCUT2D eigenvalue weighted by atomic mass is 10.2. The minimum atomic E-state index is -0.555. The van der Waals surface area contributed by atoms with Crippen LogP contribution in [0.5, 0.6) is 6.01 Å². The van der Waals surface area contributed by atoms with Crippen molar-refractivity contribution in [3.63, 3.8) is 0 Å². The fourth-order valence-corrected chi connectivity index (χ4v) is 2.34. The van der Waals surface area contributed by atoms with Gasteiger partial charge in [-0.15, -0.1) is 5.10 Å². The van der Waals surface area contributed by atoms with Crippen molar-refractivity contribution in [2.45, 2.75) is 19.8 Å². The van der Waals surface area contributed by atoms with Crippen molar-refractivity contribution in [2.24, 2.45) is 0 Å². The van der Waals surface area contributed by atoms with Crippen molar-refractivity contribution in [1.29, 1.82) is 0 Å². The molecule has 0 unspecified atom stereocenters. The summed E-state index contributed by atoms with van der Waals surface area (Å²) in [7, 11) is 0. The molecule has 1 aromatic heterocycles. The zero-order valence-corrected chi connectivity index (χ0v) is 14.2. The van der Waals surface area contributed by atoms with Crippen LogP contribution in [0.1, 0.15) is 30.1 Å². The third-order valence-electron chi connectivity index (χ3n) is 3.72. The molecule has 0 atom stereocenters. The second-order valence-electron chi connectivity index (χ2n) is 5.62. The fourth-order valence-electron chi connectivity index (χ4n) is 2.34. The molecule has 0 aliphatic carbocycles. The number of nitrogens with zero attached hydrogens (tertiary/aromatic N) is 3. The molecule has 1 heterocycles. The fraction of sp³-hybridized carbons (Fsp3) is 0.211. The standard InChI is InChI=1S/C19H17F2N3O2/c1-2-3-12-26-19-22-17(15-6-4-5-7-16(15)21)24(23-19)18(25)13-8-10-14(20)11-9-13/h4-11H,2-3,12H2,1H3. The van der Waals surface area contributed by atoms with E-state index in [1.807, 2.05) is 6.92 Å². The third kappa shape index (κ3) is 3.77. The van der Waals surface area contributed by atoms with Gasteiger partial charge < -0.3 is 4.74 Å². The summed E-state index contributed by atoms with van der Waals surface area (Å²) in [4.78, 5) is 16.9. The maximum Gasteiger partial charge on any atom is 0.336 e. The van der Waals surface area contributed by atoms with Crippen LogP contribution in [-0.4, -0.2) is 27.3 Å². The Labute approximate surface area is 149 Å². The van der Waals surface area contributed by atoms with Crippen molar-refractivity contribution >= 4 is 5.91 Å². The van der Waals surface area contributed by atoms with Gasteiger partial charge >= 0.3 is 6.01 Å². The van der Waals surface area contributed by atoms with Crippen LogP contribution in [0.3, 0.4) is 0 Å². The summed E-state index contributed by atoms with van der Waals surface area (Å²) in [5.41, 5.74) is 0.329. The molecule has 0 N–H and O–H groups in total. The van der Waals surface area contributed by atoms with Gasteiger partial charge in [-0.3, -0.25) is 4.79 Å². The molecule has 3 rings (SSSR count). The number of benzene rings is 2. The molecule has 0 bridgehead atoms. The van der Waals surface area contributed by atoms with Gasteiger partial charge in [0, 0.05) is 5.56 Å². The van der Waals surface area contributed by atoms with Crippen LogP contribution < -0.4 is 4.74 Å². The van der Waals surface area contributed by atoms with Gasteiger partial charge in [-0.2, -0.15) is 9.67 Å².